The van der Waals surface area contributed by atoms with E-state index >= 15 is 0 Å². The van der Waals surface area contributed by atoms with Crippen molar-refractivity contribution in [3.63, 3.8) is 0 Å². The van der Waals surface area contributed by atoms with Gasteiger partial charge in [0.1, 0.15) is 11.8 Å². The first kappa shape index (κ1) is 26.9. The maximum Gasteiger partial charge on any atom is 0.277 e. The highest BCUT2D eigenvalue weighted by Crippen LogP contribution is 2.23. The van der Waals surface area contributed by atoms with Crippen LogP contribution in [0, 0.1) is 20.2 Å². The first-order valence-corrected chi connectivity index (χ1v) is 11.0. The molecular weight excluding hydrogens is 458 g/mol. The second-order valence-electron chi connectivity index (χ2n) is 7.93. The smallest absolute Gasteiger partial charge is 0.277 e. The van der Waals surface area contributed by atoms with Crippen molar-refractivity contribution in [3.05, 3.63) is 73.8 Å². The summed E-state index contributed by atoms with van der Waals surface area (Å²) >= 11 is 0. The lowest BCUT2D eigenvalue weighted by Gasteiger charge is -2.18. The fraction of sp³-hybridized carbons (Fsp3) is 0.348. The Morgan fingerprint density at radius 3 is 2.17 bits per heavy atom. The van der Waals surface area contributed by atoms with Crippen molar-refractivity contribution in [2.45, 2.75) is 52.0 Å². The average molecular weight is 485 g/mol. The summed E-state index contributed by atoms with van der Waals surface area (Å²) in [6.07, 6.45) is 3.69. The highest BCUT2D eigenvalue weighted by atomic mass is 16.6. The van der Waals surface area contributed by atoms with Crippen LogP contribution >= 0.6 is 0 Å². The number of nitrogens with one attached hydrogen (secondary N) is 2. The molecule has 1 atom stereocenters. The molecule has 0 saturated heterocycles. The minimum atomic E-state index is -1.16. The molecule has 2 aromatic carbocycles. The van der Waals surface area contributed by atoms with Crippen molar-refractivity contribution >= 4 is 28.9 Å². The normalized spacial score (nSPS) is 12.0. The minimum Gasteiger partial charge on any atom is -0.508 e. The van der Waals surface area contributed by atoms with E-state index in [1.54, 1.807) is 19.1 Å². The summed E-state index contributed by atoms with van der Waals surface area (Å²) < 4.78 is 0. The van der Waals surface area contributed by atoms with Gasteiger partial charge in [0, 0.05) is 24.3 Å². The van der Waals surface area contributed by atoms with Gasteiger partial charge in [-0.1, -0.05) is 31.9 Å². The predicted molar refractivity (Wildman–Crippen MR) is 128 cm³/mol. The van der Waals surface area contributed by atoms with Crippen LogP contribution in [-0.2, 0) is 11.2 Å². The minimum absolute atomic E-state index is 0.0132. The lowest BCUT2D eigenvalue weighted by Crippen LogP contribution is -2.47. The molecule has 0 aliphatic carbocycles. The highest BCUT2D eigenvalue weighted by Gasteiger charge is 2.25. The number of rotatable bonds is 12. The number of phenolic OH excluding ortho intramolecular Hbond substituents is 1. The quantitative estimate of drug-likeness (QED) is 0.178. The second kappa shape index (κ2) is 12.8. The first-order valence-electron chi connectivity index (χ1n) is 11.0. The number of nitro groups is 2. The number of non-ortho nitro benzene ring substituents is 2. The number of nitrogens with zero attached hydrogens (tertiary/aromatic N) is 3. The molecule has 0 spiro atoms. The van der Waals surface area contributed by atoms with Gasteiger partial charge in [0.2, 0.25) is 0 Å². The summed E-state index contributed by atoms with van der Waals surface area (Å²) in [7, 11) is 0. The van der Waals surface area contributed by atoms with Gasteiger partial charge in [-0.25, -0.2) is 5.43 Å². The van der Waals surface area contributed by atoms with E-state index in [1.807, 2.05) is 0 Å². The van der Waals surface area contributed by atoms with Crippen LogP contribution in [0.2, 0.25) is 0 Å². The van der Waals surface area contributed by atoms with Gasteiger partial charge in [-0.2, -0.15) is 5.10 Å². The fourth-order valence-electron chi connectivity index (χ4n) is 3.17. The van der Waals surface area contributed by atoms with E-state index in [-0.39, 0.29) is 17.7 Å². The topological polar surface area (TPSA) is 177 Å². The average Bonchev–Trinajstić information content (AvgIpc) is 2.83. The van der Waals surface area contributed by atoms with Gasteiger partial charge >= 0.3 is 0 Å². The van der Waals surface area contributed by atoms with Crippen molar-refractivity contribution < 1.29 is 24.5 Å². The van der Waals surface area contributed by atoms with Gasteiger partial charge in [0.15, 0.2) is 0 Å². The summed E-state index contributed by atoms with van der Waals surface area (Å²) in [5.74, 6) is -1.52. The largest absolute Gasteiger partial charge is 0.508 e. The molecule has 3 N–H and O–H groups in total. The predicted octanol–water partition coefficient (Wildman–Crippen LogP) is 3.62. The van der Waals surface area contributed by atoms with Gasteiger partial charge in [-0.05, 0) is 37.5 Å². The van der Waals surface area contributed by atoms with Crippen molar-refractivity contribution in [3.8, 4) is 5.75 Å². The van der Waals surface area contributed by atoms with Crippen LogP contribution < -0.4 is 10.7 Å². The standard InChI is InChI=1S/C23H27N5O7/c1-3-4-5-6-15(2)25-26-23(31)21(11-16-7-9-20(29)10-8-16)24-22(30)17-12-18(27(32)33)14-19(13-17)28(34)35/h7-10,12-14,21,29H,3-6,11H2,1-2H3,(H,24,30)(H,26,31)/b25-15+. The molecule has 1 unspecified atom stereocenters. The molecule has 0 aliphatic rings. The zero-order valence-corrected chi connectivity index (χ0v) is 19.4. The van der Waals surface area contributed by atoms with Gasteiger partial charge in [-0.15, -0.1) is 0 Å². The number of hydrazone groups is 1. The van der Waals surface area contributed by atoms with Gasteiger partial charge < -0.3 is 10.4 Å². The van der Waals surface area contributed by atoms with Crippen LogP contribution in [0.15, 0.2) is 47.6 Å². The maximum atomic E-state index is 12.9. The molecule has 0 heterocycles. The van der Waals surface area contributed by atoms with E-state index in [4.69, 9.17) is 0 Å². The van der Waals surface area contributed by atoms with Crippen molar-refractivity contribution in [1.82, 2.24) is 10.7 Å². The lowest BCUT2D eigenvalue weighted by molar-refractivity contribution is -0.394. The molecule has 0 bridgehead atoms. The number of benzene rings is 2. The van der Waals surface area contributed by atoms with Crippen LogP contribution in [-0.4, -0.2) is 38.5 Å². The van der Waals surface area contributed by atoms with Crippen LogP contribution in [0.3, 0.4) is 0 Å². The van der Waals surface area contributed by atoms with Gasteiger partial charge in [0.25, 0.3) is 23.2 Å². The molecule has 0 aliphatic heterocycles. The molecule has 2 rings (SSSR count). The molecule has 186 valence electrons. The number of carbonyl (C=O) groups is 2. The third-order valence-electron chi connectivity index (χ3n) is 5.08. The number of hydrogen-bond donors (Lipinski definition) is 3. The van der Waals surface area contributed by atoms with Crippen LogP contribution in [0.5, 0.6) is 5.75 Å². The summed E-state index contributed by atoms with van der Waals surface area (Å²) in [4.78, 5) is 46.3. The second-order valence-corrected chi connectivity index (χ2v) is 7.93. The summed E-state index contributed by atoms with van der Waals surface area (Å²) in [5, 5.41) is 38.3. The van der Waals surface area contributed by atoms with Crippen molar-refractivity contribution in [2.75, 3.05) is 0 Å². The Morgan fingerprint density at radius 1 is 1.03 bits per heavy atom. The van der Waals surface area contributed by atoms with E-state index in [9.17, 15) is 34.9 Å². The van der Waals surface area contributed by atoms with E-state index in [2.05, 4.69) is 22.8 Å². The van der Waals surface area contributed by atoms with Crippen LogP contribution in [0.1, 0.15) is 55.5 Å². The SMILES string of the molecule is CCCCC/C(C)=N/NC(=O)C(Cc1ccc(O)cc1)NC(=O)c1cc([N+](=O)[O-])cc([N+](=O)[O-])c1. The molecule has 35 heavy (non-hydrogen) atoms. The number of amides is 2. The number of hydrogen-bond acceptors (Lipinski definition) is 8. The third-order valence-corrected chi connectivity index (χ3v) is 5.08. The Balaban J connectivity index is 2.27. The molecule has 0 saturated carbocycles. The first-order chi connectivity index (χ1) is 16.6. The van der Waals surface area contributed by atoms with Crippen molar-refractivity contribution in [1.29, 1.82) is 0 Å². The summed E-state index contributed by atoms with van der Waals surface area (Å²) in [6.45, 7) is 3.84. The number of carbonyl (C=O) groups excluding carboxylic acids is 2. The van der Waals surface area contributed by atoms with E-state index < -0.39 is 39.1 Å². The van der Waals surface area contributed by atoms with E-state index in [0.29, 0.717) is 17.7 Å². The number of phenols is 1. The Bertz CT molecular complexity index is 1080. The molecule has 2 amide bonds. The highest BCUT2D eigenvalue weighted by molar-refractivity contribution is 5.98. The number of unbranched alkanes of at least 4 members (excludes halogenated alkanes) is 2. The molecule has 0 fully saturated rings. The summed E-state index contributed by atoms with van der Waals surface area (Å²) in [6, 6.07) is 7.36. The zero-order chi connectivity index (χ0) is 26.0. The molecular formula is C23H27N5O7. The molecule has 2 aromatic rings. The molecule has 12 heteroatoms. The van der Waals surface area contributed by atoms with Crippen LogP contribution in [0.25, 0.3) is 0 Å². The third kappa shape index (κ3) is 8.50. The Kier molecular flexibility index (Phi) is 9.82. The fourth-order valence-corrected chi connectivity index (χ4v) is 3.17. The Morgan fingerprint density at radius 2 is 1.63 bits per heavy atom. The number of nitro benzene ring substituents is 2. The molecule has 12 nitrogen and oxygen atoms in total. The Hall–Kier alpha value is -4.35. The van der Waals surface area contributed by atoms with E-state index in [1.165, 1.54) is 12.1 Å². The zero-order valence-electron chi connectivity index (χ0n) is 19.4. The van der Waals surface area contributed by atoms with Crippen LogP contribution in [0.4, 0.5) is 11.4 Å². The summed E-state index contributed by atoms with van der Waals surface area (Å²) in [5.41, 5.74) is 2.14. The van der Waals surface area contributed by atoms with E-state index in [0.717, 1.165) is 37.5 Å². The monoisotopic (exact) mass is 485 g/mol. The van der Waals surface area contributed by atoms with Crippen molar-refractivity contribution in [2.24, 2.45) is 5.10 Å². The Labute approximate surface area is 201 Å². The maximum absolute atomic E-state index is 12.9. The molecule has 0 aromatic heterocycles. The van der Waals surface area contributed by atoms with Gasteiger partial charge in [0.05, 0.1) is 21.5 Å². The lowest BCUT2D eigenvalue weighted by atomic mass is 10.0. The van der Waals surface area contributed by atoms with Gasteiger partial charge in [-0.3, -0.25) is 29.8 Å². The number of aromatic hydroxyl groups is 1. The molecule has 0 radical (unpaired) electrons.